The van der Waals surface area contributed by atoms with E-state index in [1.54, 1.807) is 0 Å². The van der Waals surface area contributed by atoms with E-state index in [1.165, 1.54) is 5.56 Å². The van der Waals surface area contributed by atoms with Crippen molar-refractivity contribution in [3.63, 3.8) is 0 Å². The van der Waals surface area contributed by atoms with Gasteiger partial charge in [0.05, 0.1) is 0 Å². The van der Waals surface area contributed by atoms with E-state index in [0.29, 0.717) is 30.0 Å². The first-order valence-electron chi connectivity index (χ1n) is 9.94. The first-order chi connectivity index (χ1) is 14.2. The van der Waals surface area contributed by atoms with Crippen molar-refractivity contribution >= 4 is 11.8 Å². The topological polar surface area (TPSA) is 70.7 Å². The largest absolute Gasteiger partial charge is 0.484 e. The average molecular weight is 410 g/mol. The SMILES string of the molecule is C=C(CCNC(=O)c1ccc(CN(C)C)cc1)NC(=O)COc1ccc(C)c(C)c1. The van der Waals surface area contributed by atoms with Crippen LogP contribution in [0.5, 0.6) is 5.75 Å². The van der Waals surface area contributed by atoms with Crippen LogP contribution in [0.4, 0.5) is 0 Å². The number of rotatable bonds is 10. The van der Waals surface area contributed by atoms with Gasteiger partial charge in [0.1, 0.15) is 5.75 Å². The molecule has 0 heterocycles. The fourth-order valence-corrected chi connectivity index (χ4v) is 2.80. The molecule has 0 aromatic heterocycles. The highest BCUT2D eigenvalue weighted by Crippen LogP contribution is 2.16. The lowest BCUT2D eigenvalue weighted by Crippen LogP contribution is -2.31. The molecule has 2 aromatic carbocycles. The summed E-state index contributed by atoms with van der Waals surface area (Å²) in [5, 5.41) is 5.54. The Kier molecular flexibility index (Phi) is 8.62. The van der Waals surface area contributed by atoms with Crippen molar-refractivity contribution in [3.8, 4) is 5.75 Å². The number of amides is 2. The number of nitrogens with one attached hydrogen (secondary N) is 2. The summed E-state index contributed by atoms with van der Waals surface area (Å²) in [6.07, 6.45) is 0.444. The van der Waals surface area contributed by atoms with E-state index < -0.39 is 0 Å². The number of hydrogen-bond acceptors (Lipinski definition) is 4. The number of carbonyl (C=O) groups is 2. The van der Waals surface area contributed by atoms with Gasteiger partial charge in [-0.25, -0.2) is 0 Å². The minimum absolute atomic E-state index is 0.0901. The van der Waals surface area contributed by atoms with Crippen LogP contribution < -0.4 is 15.4 Å². The predicted molar refractivity (Wildman–Crippen MR) is 119 cm³/mol. The Morgan fingerprint density at radius 3 is 2.37 bits per heavy atom. The van der Waals surface area contributed by atoms with Crippen LogP contribution >= 0.6 is 0 Å². The molecule has 0 radical (unpaired) electrons. The molecule has 30 heavy (non-hydrogen) atoms. The molecule has 2 rings (SSSR count). The Balaban J connectivity index is 1.69. The second-order valence-corrected chi connectivity index (χ2v) is 7.63. The molecule has 2 N–H and O–H groups in total. The Morgan fingerprint density at radius 1 is 1.03 bits per heavy atom. The maximum Gasteiger partial charge on any atom is 0.262 e. The highest BCUT2D eigenvalue weighted by Gasteiger charge is 2.08. The minimum atomic E-state index is -0.277. The molecule has 2 aromatic rings. The van der Waals surface area contributed by atoms with E-state index in [9.17, 15) is 9.59 Å². The third-order valence-electron chi connectivity index (χ3n) is 4.59. The number of carbonyl (C=O) groups excluding carboxylic acids is 2. The normalized spacial score (nSPS) is 10.6. The fourth-order valence-electron chi connectivity index (χ4n) is 2.80. The monoisotopic (exact) mass is 409 g/mol. The molecule has 0 saturated carbocycles. The van der Waals surface area contributed by atoms with Crippen molar-refractivity contribution in [2.45, 2.75) is 26.8 Å². The summed E-state index contributed by atoms with van der Waals surface area (Å²) in [7, 11) is 4.00. The molecule has 0 unspecified atom stereocenters. The third-order valence-corrected chi connectivity index (χ3v) is 4.59. The lowest BCUT2D eigenvalue weighted by molar-refractivity contribution is -0.122. The summed E-state index contributed by atoms with van der Waals surface area (Å²) in [5.41, 5.74) is 4.57. The maximum atomic E-state index is 12.2. The number of benzene rings is 2. The Morgan fingerprint density at radius 2 is 1.73 bits per heavy atom. The summed E-state index contributed by atoms with van der Waals surface area (Å²) in [6, 6.07) is 13.2. The minimum Gasteiger partial charge on any atom is -0.484 e. The van der Waals surface area contributed by atoms with Gasteiger partial charge in [-0.05, 0) is 68.9 Å². The molecule has 0 fully saturated rings. The van der Waals surface area contributed by atoms with E-state index in [1.807, 2.05) is 70.4 Å². The van der Waals surface area contributed by atoms with Crippen molar-refractivity contribution in [2.75, 3.05) is 27.2 Å². The van der Waals surface area contributed by atoms with E-state index in [4.69, 9.17) is 4.74 Å². The van der Waals surface area contributed by atoms with E-state index >= 15 is 0 Å². The van der Waals surface area contributed by atoms with Crippen LogP contribution in [0.1, 0.15) is 33.5 Å². The summed E-state index contributed by atoms with van der Waals surface area (Å²) in [4.78, 5) is 26.3. The molecule has 0 atom stereocenters. The predicted octanol–water partition coefficient (Wildman–Crippen LogP) is 3.19. The van der Waals surface area contributed by atoms with Gasteiger partial charge in [-0.3, -0.25) is 9.59 Å². The first kappa shape index (κ1) is 23.2. The molecule has 2 amide bonds. The smallest absolute Gasteiger partial charge is 0.262 e. The summed E-state index contributed by atoms with van der Waals surface area (Å²) in [6.45, 7) is 8.98. The molecule has 0 aliphatic carbocycles. The molecule has 6 nitrogen and oxygen atoms in total. The van der Waals surface area contributed by atoms with Crippen molar-refractivity contribution < 1.29 is 14.3 Å². The van der Waals surface area contributed by atoms with Gasteiger partial charge in [0, 0.05) is 30.8 Å². The maximum absolute atomic E-state index is 12.2. The average Bonchev–Trinajstić information content (AvgIpc) is 2.69. The Hall–Kier alpha value is -3.12. The van der Waals surface area contributed by atoms with Gasteiger partial charge in [0.2, 0.25) is 0 Å². The fraction of sp³-hybridized carbons (Fsp3) is 0.333. The zero-order valence-electron chi connectivity index (χ0n) is 18.2. The number of hydrogen-bond donors (Lipinski definition) is 2. The van der Waals surface area contributed by atoms with Crippen molar-refractivity contribution in [2.24, 2.45) is 0 Å². The Labute approximate surface area is 178 Å². The number of nitrogens with zero attached hydrogens (tertiary/aromatic N) is 1. The van der Waals surface area contributed by atoms with Gasteiger partial charge in [0.15, 0.2) is 6.61 Å². The van der Waals surface area contributed by atoms with Crippen LogP contribution in [-0.2, 0) is 11.3 Å². The second kappa shape index (κ2) is 11.2. The van der Waals surface area contributed by atoms with Crippen molar-refractivity contribution in [3.05, 3.63) is 77.0 Å². The quantitative estimate of drug-likeness (QED) is 0.632. The molecular formula is C24H31N3O3. The zero-order valence-corrected chi connectivity index (χ0v) is 18.2. The lowest BCUT2D eigenvalue weighted by atomic mass is 10.1. The van der Waals surface area contributed by atoms with Crippen LogP contribution in [0.15, 0.2) is 54.7 Å². The molecule has 0 bridgehead atoms. The van der Waals surface area contributed by atoms with Crippen molar-refractivity contribution in [1.82, 2.24) is 15.5 Å². The first-order valence-corrected chi connectivity index (χ1v) is 9.94. The van der Waals surface area contributed by atoms with Gasteiger partial charge in [0.25, 0.3) is 11.8 Å². The van der Waals surface area contributed by atoms with Crippen LogP contribution in [0, 0.1) is 13.8 Å². The Bertz CT molecular complexity index is 889. The van der Waals surface area contributed by atoms with Gasteiger partial charge in [-0.1, -0.05) is 24.8 Å². The van der Waals surface area contributed by atoms with E-state index in [0.717, 1.165) is 17.7 Å². The number of ether oxygens (including phenoxy) is 1. The van der Waals surface area contributed by atoms with Crippen LogP contribution in [0.25, 0.3) is 0 Å². The molecule has 0 aliphatic rings. The molecule has 160 valence electrons. The van der Waals surface area contributed by atoms with Crippen LogP contribution in [0.2, 0.25) is 0 Å². The summed E-state index contributed by atoms with van der Waals surface area (Å²) < 4.78 is 5.51. The highest BCUT2D eigenvalue weighted by molar-refractivity contribution is 5.94. The summed E-state index contributed by atoms with van der Waals surface area (Å²) >= 11 is 0. The van der Waals surface area contributed by atoms with Gasteiger partial charge >= 0.3 is 0 Å². The van der Waals surface area contributed by atoms with Crippen molar-refractivity contribution in [1.29, 1.82) is 0 Å². The van der Waals surface area contributed by atoms with Crippen LogP contribution in [0.3, 0.4) is 0 Å². The standard InChI is InChI=1S/C24H31N3O3/c1-17-6-11-22(14-18(17)2)30-16-23(28)26-19(3)12-13-25-24(29)21-9-7-20(8-10-21)15-27(4)5/h6-11,14H,3,12-13,15-16H2,1-2,4-5H3,(H,25,29)(H,26,28). The van der Waals surface area contributed by atoms with Gasteiger partial charge in [-0.2, -0.15) is 0 Å². The number of aryl methyl sites for hydroxylation is 2. The lowest BCUT2D eigenvalue weighted by Gasteiger charge is -2.12. The van der Waals surface area contributed by atoms with Gasteiger partial charge < -0.3 is 20.3 Å². The van der Waals surface area contributed by atoms with Crippen LogP contribution in [-0.4, -0.2) is 44.0 Å². The zero-order chi connectivity index (χ0) is 22.1. The molecule has 0 spiro atoms. The van der Waals surface area contributed by atoms with E-state index in [2.05, 4.69) is 22.1 Å². The van der Waals surface area contributed by atoms with E-state index in [-0.39, 0.29) is 18.4 Å². The third kappa shape index (κ3) is 7.72. The molecule has 0 aliphatic heterocycles. The molecule has 0 saturated heterocycles. The molecular weight excluding hydrogens is 378 g/mol. The second-order valence-electron chi connectivity index (χ2n) is 7.63. The van der Waals surface area contributed by atoms with Gasteiger partial charge in [-0.15, -0.1) is 0 Å². The molecule has 6 heteroatoms. The summed E-state index contributed by atoms with van der Waals surface area (Å²) in [5.74, 6) is 0.229. The highest BCUT2D eigenvalue weighted by atomic mass is 16.5.